The number of ether oxygens (including phenoxy) is 1. The van der Waals surface area contributed by atoms with E-state index >= 15 is 0 Å². The molecule has 0 aliphatic rings. The van der Waals surface area contributed by atoms with E-state index in [9.17, 15) is 4.39 Å². The van der Waals surface area contributed by atoms with Gasteiger partial charge in [-0.2, -0.15) is 0 Å². The van der Waals surface area contributed by atoms with E-state index in [4.69, 9.17) is 9.84 Å². The van der Waals surface area contributed by atoms with Crippen molar-refractivity contribution in [3.63, 3.8) is 0 Å². The van der Waals surface area contributed by atoms with Crippen LogP contribution in [0, 0.1) is 5.82 Å². The second kappa shape index (κ2) is 6.19. The molecule has 0 aromatic heterocycles. The van der Waals surface area contributed by atoms with Gasteiger partial charge >= 0.3 is 0 Å². The molecule has 0 bridgehead atoms. The lowest BCUT2D eigenvalue weighted by molar-refractivity contribution is 0.290. The highest BCUT2D eigenvalue weighted by atomic mass is 19.1. The minimum atomic E-state index is -0.280. The maximum atomic E-state index is 12.9. The Morgan fingerprint density at radius 2 is 2.27 bits per heavy atom. The molecule has 1 aromatic rings. The number of benzene rings is 1. The van der Waals surface area contributed by atoms with E-state index < -0.39 is 0 Å². The quantitative estimate of drug-likeness (QED) is 0.757. The Kier molecular flexibility index (Phi) is 4.84. The second-order valence-electron chi connectivity index (χ2n) is 3.15. The molecule has 82 valence electrons. The van der Waals surface area contributed by atoms with Crippen molar-refractivity contribution in [2.24, 2.45) is 0 Å². The number of allylic oxidation sites excluding steroid dienone is 1. The van der Waals surface area contributed by atoms with Crippen molar-refractivity contribution in [2.45, 2.75) is 12.8 Å². The number of aliphatic hydroxyl groups is 1. The standard InChI is InChI=1S/C12H15FO2/c1-15-12-7-6-11(13)9-10(12)5-3-2-4-8-14/h3,5-7,9,14H,2,4,8H2,1H3. The summed E-state index contributed by atoms with van der Waals surface area (Å²) in [5, 5.41) is 8.59. The molecule has 0 fully saturated rings. The van der Waals surface area contributed by atoms with Gasteiger partial charge in [0.1, 0.15) is 11.6 Å². The third kappa shape index (κ3) is 3.72. The number of hydrogen-bond donors (Lipinski definition) is 1. The van der Waals surface area contributed by atoms with E-state index in [0.29, 0.717) is 12.2 Å². The minimum absolute atomic E-state index is 0.171. The average Bonchev–Trinajstić information content (AvgIpc) is 2.25. The summed E-state index contributed by atoms with van der Waals surface area (Å²) in [4.78, 5) is 0. The highest BCUT2D eigenvalue weighted by Gasteiger charge is 2.00. The molecule has 15 heavy (non-hydrogen) atoms. The largest absolute Gasteiger partial charge is 0.496 e. The van der Waals surface area contributed by atoms with E-state index in [1.54, 1.807) is 19.3 Å². The molecule has 0 unspecified atom stereocenters. The van der Waals surface area contributed by atoms with Gasteiger partial charge in [-0.15, -0.1) is 0 Å². The van der Waals surface area contributed by atoms with Crippen molar-refractivity contribution in [3.05, 3.63) is 35.7 Å². The van der Waals surface area contributed by atoms with Crippen LogP contribution in [-0.4, -0.2) is 18.8 Å². The third-order valence-corrected chi connectivity index (χ3v) is 2.02. The van der Waals surface area contributed by atoms with Crippen LogP contribution >= 0.6 is 0 Å². The second-order valence-corrected chi connectivity index (χ2v) is 3.15. The molecule has 0 spiro atoms. The normalized spacial score (nSPS) is 10.9. The van der Waals surface area contributed by atoms with Crippen LogP contribution in [0.1, 0.15) is 18.4 Å². The number of halogens is 1. The molecular weight excluding hydrogens is 195 g/mol. The van der Waals surface area contributed by atoms with E-state index in [2.05, 4.69) is 0 Å². The van der Waals surface area contributed by atoms with Gasteiger partial charge in [-0.3, -0.25) is 0 Å². The number of aliphatic hydroxyl groups excluding tert-OH is 1. The lowest BCUT2D eigenvalue weighted by atomic mass is 10.1. The van der Waals surface area contributed by atoms with Crippen molar-refractivity contribution >= 4 is 6.08 Å². The van der Waals surface area contributed by atoms with Gasteiger partial charge in [0.15, 0.2) is 0 Å². The molecule has 0 radical (unpaired) electrons. The van der Waals surface area contributed by atoms with Crippen molar-refractivity contribution in [3.8, 4) is 5.75 Å². The topological polar surface area (TPSA) is 29.5 Å². The first-order chi connectivity index (χ1) is 7.27. The zero-order valence-electron chi connectivity index (χ0n) is 8.74. The zero-order chi connectivity index (χ0) is 11.1. The van der Waals surface area contributed by atoms with E-state index in [0.717, 1.165) is 12.0 Å². The molecule has 0 aliphatic carbocycles. The fourth-order valence-corrected chi connectivity index (χ4v) is 1.25. The van der Waals surface area contributed by atoms with Crippen LogP contribution in [0.5, 0.6) is 5.75 Å². The lowest BCUT2D eigenvalue weighted by Gasteiger charge is -2.04. The van der Waals surface area contributed by atoms with Crippen molar-refractivity contribution in [1.29, 1.82) is 0 Å². The molecule has 0 heterocycles. The molecule has 1 rings (SSSR count). The third-order valence-electron chi connectivity index (χ3n) is 2.02. The Balaban J connectivity index is 2.73. The van der Waals surface area contributed by atoms with Gasteiger partial charge in [0.05, 0.1) is 7.11 Å². The Morgan fingerprint density at radius 1 is 1.47 bits per heavy atom. The Hall–Kier alpha value is -1.35. The molecule has 1 aromatic carbocycles. The highest BCUT2D eigenvalue weighted by Crippen LogP contribution is 2.20. The van der Waals surface area contributed by atoms with Gasteiger partial charge in [-0.1, -0.05) is 12.2 Å². The molecule has 0 atom stereocenters. The highest BCUT2D eigenvalue weighted by molar-refractivity contribution is 5.57. The number of methoxy groups -OCH3 is 1. The van der Waals surface area contributed by atoms with Gasteiger partial charge in [-0.25, -0.2) is 4.39 Å². The van der Waals surface area contributed by atoms with Gasteiger partial charge in [0.2, 0.25) is 0 Å². The SMILES string of the molecule is COc1ccc(F)cc1C=CCCCO. The van der Waals surface area contributed by atoms with Crippen molar-refractivity contribution in [1.82, 2.24) is 0 Å². The number of unbranched alkanes of at least 4 members (excludes halogenated alkanes) is 1. The van der Waals surface area contributed by atoms with Gasteiger partial charge in [0, 0.05) is 12.2 Å². The lowest BCUT2D eigenvalue weighted by Crippen LogP contribution is -1.88. The molecular formula is C12H15FO2. The van der Waals surface area contributed by atoms with Gasteiger partial charge in [0.25, 0.3) is 0 Å². The van der Waals surface area contributed by atoms with Crippen molar-refractivity contribution < 1.29 is 14.2 Å². The summed E-state index contributed by atoms with van der Waals surface area (Å²) < 4.78 is 18.0. The maximum Gasteiger partial charge on any atom is 0.126 e. The Morgan fingerprint density at radius 3 is 2.93 bits per heavy atom. The maximum absolute atomic E-state index is 12.9. The monoisotopic (exact) mass is 210 g/mol. The zero-order valence-corrected chi connectivity index (χ0v) is 8.74. The summed E-state index contributed by atoms with van der Waals surface area (Å²) in [7, 11) is 1.55. The molecule has 3 heteroatoms. The molecule has 0 amide bonds. The van der Waals surface area contributed by atoms with Crippen LogP contribution in [0.15, 0.2) is 24.3 Å². The minimum Gasteiger partial charge on any atom is -0.496 e. The molecule has 2 nitrogen and oxygen atoms in total. The summed E-state index contributed by atoms with van der Waals surface area (Å²) in [6.45, 7) is 0.171. The van der Waals surface area contributed by atoms with Crippen LogP contribution in [0.2, 0.25) is 0 Å². The summed E-state index contributed by atoms with van der Waals surface area (Å²) >= 11 is 0. The number of rotatable bonds is 5. The first-order valence-electron chi connectivity index (χ1n) is 4.89. The van der Waals surface area contributed by atoms with Crippen LogP contribution in [0.25, 0.3) is 6.08 Å². The van der Waals surface area contributed by atoms with Gasteiger partial charge < -0.3 is 9.84 Å². The van der Waals surface area contributed by atoms with Crippen LogP contribution in [0.3, 0.4) is 0 Å². The summed E-state index contributed by atoms with van der Waals surface area (Å²) in [5.41, 5.74) is 0.718. The van der Waals surface area contributed by atoms with Crippen LogP contribution in [-0.2, 0) is 0 Å². The van der Waals surface area contributed by atoms with Crippen molar-refractivity contribution in [2.75, 3.05) is 13.7 Å². The fraction of sp³-hybridized carbons (Fsp3) is 0.333. The summed E-state index contributed by atoms with van der Waals surface area (Å²) in [6, 6.07) is 4.39. The molecule has 1 N–H and O–H groups in total. The summed E-state index contributed by atoms with van der Waals surface area (Å²) in [6.07, 6.45) is 5.19. The first kappa shape index (κ1) is 11.7. The molecule has 0 aliphatic heterocycles. The van der Waals surface area contributed by atoms with Gasteiger partial charge in [-0.05, 0) is 31.0 Å². The van der Waals surface area contributed by atoms with E-state index in [1.165, 1.54) is 12.1 Å². The Labute approximate surface area is 89.0 Å². The summed E-state index contributed by atoms with van der Waals surface area (Å²) in [5.74, 6) is 0.370. The average molecular weight is 210 g/mol. The first-order valence-corrected chi connectivity index (χ1v) is 4.89. The predicted molar refractivity (Wildman–Crippen MR) is 58.3 cm³/mol. The smallest absolute Gasteiger partial charge is 0.126 e. The van der Waals surface area contributed by atoms with Crippen LogP contribution < -0.4 is 4.74 Å². The van der Waals surface area contributed by atoms with E-state index in [-0.39, 0.29) is 12.4 Å². The fourth-order valence-electron chi connectivity index (χ4n) is 1.25. The Bertz CT molecular complexity index is 334. The number of hydrogen-bond acceptors (Lipinski definition) is 2. The molecule has 0 saturated heterocycles. The van der Waals surface area contributed by atoms with Crippen LogP contribution in [0.4, 0.5) is 4.39 Å². The van der Waals surface area contributed by atoms with E-state index in [1.807, 2.05) is 6.08 Å². The molecule has 0 saturated carbocycles. The predicted octanol–water partition coefficient (Wildman–Crippen LogP) is 2.62.